The summed E-state index contributed by atoms with van der Waals surface area (Å²) in [6, 6.07) is 23.5. The van der Waals surface area contributed by atoms with Crippen LogP contribution in [0.4, 0.5) is 11.4 Å². The van der Waals surface area contributed by atoms with Crippen LogP contribution >= 0.6 is 0 Å². The molecule has 0 fully saturated rings. The molecule has 198 valence electrons. The number of nitrogens with zero attached hydrogens (tertiary/aromatic N) is 1. The number of rotatable bonds is 12. The first-order valence-electron chi connectivity index (χ1n) is 13.5. The Balaban J connectivity index is 1.63. The zero-order valence-corrected chi connectivity index (χ0v) is 22.6. The Hall–Kier alpha value is -3.90. The fourth-order valence-electron chi connectivity index (χ4n) is 4.68. The van der Waals surface area contributed by atoms with Crippen molar-refractivity contribution in [2.75, 3.05) is 31.3 Å². The summed E-state index contributed by atoms with van der Waals surface area (Å²) < 4.78 is 0. The average Bonchev–Trinajstić information content (AvgIpc) is 3.25. The van der Waals surface area contributed by atoms with Crippen molar-refractivity contribution in [2.45, 2.75) is 45.6 Å². The fourth-order valence-corrected chi connectivity index (χ4v) is 4.68. The van der Waals surface area contributed by atoms with E-state index in [1.54, 1.807) is 6.07 Å². The summed E-state index contributed by atoms with van der Waals surface area (Å²) in [6.07, 6.45) is 5.71. The highest BCUT2D eigenvalue weighted by atomic mass is 16.2. The molecule has 0 bridgehead atoms. The molecule has 0 aromatic heterocycles. The molecule has 4 rings (SSSR count). The highest BCUT2D eigenvalue weighted by Crippen LogP contribution is 2.38. The Labute approximate surface area is 226 Å². The van der Waals surface area contributed by atoms with Crippen molar-refractivity contribution in [1.82, 2.24) is 10.2 Å². The van der Waals surface area contributed by atoms with Crippen LogP contribution in [0.1, 0.15) is 66.1 Å². The Bertz CT molecular complexity index is 1280. The van der Waals surface area contributed by atoms with Crippen molar-refractivity contribution in [3.05, 3.63) is 95.1 Å². The normalized spacial score (nSPS) is 13.7. The van der Waals surface area contributed by atoms with Crippen molar-refractivity contribution < 1.29 is 9.59 Å². The van der Waals surface area contributed by atoms with E-state index < -0.39 is 0 Å². The van der Waals surface area contributed by atoms with Gasteiger partial charge in [0.25, 0.3) is 11.8 Å². The number of hydrogen-bond donors (Lipinski definition) is 3. The minimum Gasteiger partial charge on any atom is -0.354 e. The van der Waals surface area contributed by atoms with Crippen molar-refractivity contribution in [3.63, 3.8) is 0 Å². The van der Waals surface area contributed by atoms with Gasteiger partial charge in [-0.1, -0.05) is 75.1 Å². The van der Waals surface area contributed by atoms with Gasteiger partial charge in [0.05, 0.1) is 11.3 Å². The van der Waals surface area contributed by atoms with E-state index in [4.69, 9.17) is 0 Å². The zero-order valence-electron chi connectivity index (χ0n) is 22.6. The first-order valence-corrected chi connectivity index (χ1v) is 13.5. The van der Waals surface area contributed by atoms with Crippen LogP contribution in [0, 0.1) is 0 Å². The molecule has 3 N–H and O–H groups in total. The number of amides is 2. The number of nitrogens with one attached hydrogen (secondary N) is 3. The standard InChI is InChI=1S/C32H38N4O2/c1-4-5-6-7-11-20-33-31(37)25-16-19-28-27(21-25)29(32(38)35-28)30(24-12-9-8-10-13-24)34-26-17-14-23(15-18-26)22-36(2)3/h8-10,12-19,21,34H,4-7,11,20,22H2,1-3H3,(H,33,37)(H,35,38)/b30-29-. The molecule has 3 aromatic carbocycles. The number of fused-ring (bicyclic) bond motifs is 1. The number of benzene rings is 3. The van der Waals surface area contributed by atoms with Gasteiger partial charge in [-0.05, 0) is 62.0 Å². The van der Waals surface area contributed by atoms with Gasteiger partial charge < -0.3 is 20.9 Å². The molecule has 0 spiro atoms. The molecule has 1 heterocycles. The topological polar surface area (TPSA) is 73.5 Å². The molecule has 6 heteroatoms. The van der Waals surface area contributed by atoms with Crippen LogP contribution < -0.4 is 16.0 Å². The minimum atomic E-state index is -0.191. The van der Waals surface area contributed by atoms with Gasteiger partial charge in [0.1, 0.15) is 0 Å². The zero-order chi connectivity index (χ0) is 26.9. The van der Waals surface area contributed by atoms with Crippen molar-refractivity contribution >= 4 is 34.5 Å². The molecule has 0 aliphatic carbocycles. The first kappa shape index (κ1) is 27.1. The third-order valence-electron chi connectivity index (χ3n) is 6.63. The van der Waals surface area contributed by atoms with Crippen molar-refractivity contribution in [2.24, 2.45) is 0 Å². The van der Waals surface area contributed by atoms with Crippen molar-refractivity contribution in [3.8, 4) is 0 Å². The summed E-state index contributed by atoms with van der Waals surface area (Å²) in [5.74, 6) is -0.309. The second kappa shape index (κ2) is 13.1. The predicted molar refractivity (Wildman–Crippen MR) is 157 cm³/mol. The molecule has 0 unspecified atom stereocenters. The molecule has 3 aromatic rings. The van der Waals surface area contributed by atoms with E-state index in [9.17, 15) is 9.59 Å². The lowest BCUT2D eigenvalue weighted by Gasteiger charge is -2.16. The van der Waals surface area contributed by atoms with Gasteiger partial charge in [-0.25, -0.2) is 0 Å². The molecule has 0 atom stereocenters. The summed E-state index contributed by atoms with van der Waals surface area (Å²) >= 11 is 0. The lowest BCUT2D eigenvalue weighted by atomic mass is 9.98. The quantitative estimate of drug-likeness (QED) is 0.195. The van der Waals surface area contributed by atoms with Crippen molar-refractivity contribution in [1.29, 1.82) is 0 Å². The van der Waals surface area contributed by atoms with Gasteiger partial charge >= 0.3 is 0 Å². The summed E-state index contributed by atoms with van der Waals surface area (Å²) in [7, 11) is 4.09. The maximum Gasteiger partial charge on any atom is 0.258 e. The predicted octanol–water partition coefficient (Wildman–Crippen LogP) is 6.38. The molecule has 0 saturated carbocycles. The van der Waals surface area contributed by atoms with E-state index in [0.717, 1.165) is 36.2 Å². The summed E-state index contributed by atoms with van der Waals surface area (Å²) in [5.41, 5.74) is 6.19. The SMILES string of the molecule is CCCCCCCNC(=O)c1ccc2c(c1)/C(=C(/Nc1ccc(CN(C)C)cc1)c1ccccc1)C(=O)N2. The van der Waals surface area contributed by atoms with Gasteiger partial charge in [-0.3, -0.25) is 9.59 Å². The number of carbonyl (C=O) groups is 2. The lowest BCUT2D eigenvalue weighted by Crippen LogP contribution is -2.24. The summed E-state index contributed by atoms with van der Waals surface area (Å²) in [5, 5.41) is 9.51. The molecule has 2 amide bonds. The minimum absolute atomic E-state index is 0.118. The third-order valence-corrected chi connectivity index (χ3v) is 6.63. The maximum atomic E-state index is 13.3. The van der Waals surface area contributed by atoms with Crippen LogP contribution in [0.2, 0.25) is 0 Å². The monoisotopic (exact) mass is 510 g/mol. The van der Waals surface area contributed by atoms with Gasteiger partial charge in [-0.15, -0.1) is 0 Å². The Morgan fingerprint density at radius 3 is 2.32 bits per heavy atom. The maximum absolute atomic E-state index is 13.3. The fraction of sp³-hybridized carbons (Fsp3) is 0.312. The number of hydrogen-bond acceptors (Lipinski definition) is 4. The Morgan fingerprint density at radius 1 is 0.868 bits per heavy atom. The lowest BCUT2D eigenvalue weighted by molar-refractivity contribution is -0.110. The van der Waals surface area contributed by atoms with E-state index in [1.165, 1.54) is 24.8 Å². The molecule has 1 aliphatic rings. The molecular formula is C32H38N4O2. The molecule has 6 nitrogen and oxygen atoms in total. The van der Waals surface area contributed by atoms with E-state index in [0.29, 0.717) is 29.1 Å². The summed E-state index contributed by atoms with van der Waals surface area (Å²) in [4.78, 5) is 28.3. The van der Waals surface area contributed by atoms with E-state index in [2.05, 4.69) is 39.9 Å². The molecule has 38 heavy (non-hydrogen) atoms. The van der Waals surface area contributed by atoms with E-state index in [-0.39, 0.29) is 11.8 Å². The molecule has 1 aliphatic heterocycles. The van der Waals surface area contributed by atoms with Gasteiger partial charge in [0, 0.05) is 35.6 Å². The second-order valence-electron chi connectivity index (χ2n) is 10.1. The van der Waals surface area contributed by atoms with Gasteiger partial charge in [-0.2, -0.15) is 0 Å². The number of unbranched alkanes of at least 4 members (excludes halogenated alkanes) is 4. The van der Waals surface area contributed by atoms with E-state index >= 15 is 0 Å². The van der Waals surface area contributed by atoms with Gasteiger partial charge in [0.15, 0.2) is 0 Å². The second-order valence-corrected chi connectivity index (χ2v) is 10.1. The van der Waals surface area contributed by atoms with Crippen LogP contribution in [0.25, 0.3) is 11.3 Å². The number of carbonyl (C=O) groups excluding carboxylic acids is 2. The Kier molecular flexibility index (Phi) is 9.33. The summed E-state index contributed by atoms with van der Waals surface area (Å²) in [6.45, 7) is 3.70. The highest BCUT2D eigenvalue weighted by molar-refractivity contribution is 6.37. The molecule has 0 radical (unpaired) electrons. The third kappa shape index (κ3) is 6.90. The Morgan fingerprint density at radius 2 is 1.61 bits per heavy atom. The average molecular weight is 511 g/mol. The number of anilines is 2. The molecule has 0 saturated heterocycles. The first-order chi connectivity index (χ1) is 18.5. The molecular weight excluding hydrogens is 472 g/mol. The smallest absolute Gasteiger partial charge is 0.258 e. The van der Waals surface area contributed by atoms with Crippen LogP contribution in [0.3, 0.4) is 0 Å². The van der Waals surface area contributed by atoms with Crippen LogP contribution in [0.5, 0.6) is 0 Å². The largest absolute Gasteiger partial charge is 0.354 e. The van der Waals surface area contributed by atoms with Crippen LogP contribution in [-0.2, 0) is 11.3 Å². The van der Waals surface area contributed by atoms with Crippen LogP contribution in [0.15, 0.2) is 72.8 Å². The van der Waals surface area contributed by atoms with Crippen LogP contribution in [-0.4, -0.2) is 37.4 Å². The van der Waals surface area contributed by atoms with E-state index in [1.807, 2.05) is 68.7 Å². The van der Waals surface area contributed by atoms with Gasteiger partial charge in [0.2, 0.25) is 0 Å². The highest BCUT2D eigenvalue weighted by Gasteiger charge is 2.29.